The predicted molar refractivity (Wildman–Crippen MR) is 147 cm³/mol. The molecule has 0 aliphatic heterocycles. The second kappa shape index (κ2) is 10.2. The van der Waals surface area contributed by atoms with Gasteiger partial charge in [0.25, 0.3) is 0 Å². The average molecular weight is 514 g/mol. The molecule has 0 unspecified atom stereocenters. The summed E-state index contributed by atoms with van der Waals surface area (Å²) in [5.74, 6) is 1.84. The van der Waals surface area contributed by atoms with E-state index in [0.717, 1.165) is 32.6 Å². The van der Waals surface area contributed by atoms with Crippen LogP contribution in [0.4, 0.5) is 11.5 Å². The molecule has 0 bridgehead atoms. The van der Waals surface area contributed by atoms with Crippen LogP contribution >= 0.6 is 12.2 Å². The highest BCUT2D eigenvalue weighted by Crippen LogP contribution is 2.30. The highest BCUT2D eigenvalue weighted by Gasteiger charge is 2.14. The Morgan fingerprint density at radius 2 is 1.95 bits per heavy atom. The van der Waals surface area contributed by atoms with Crippen LogP contribution in [0.5, 0.6) is 11.6 Å². The quantitative estimate of drug-likeness (QED) is 0.251. The van der Waals surface area contributed by atoms with Crippen molar-refractivity contribution in [1.29, 1.82) is 0 Å². The Morgan fingerprint density at radius 3 is 2.76 bits per heavy atom. The molecule has 0 saturated carbocycles. The van der Waals surface area contributed by atoms with Gasteiger partial charge in [-0.3, -0.25) is 4.40 Å². The van der Waals surface area contributed by atoms with Gasteiger partial charge in [-0.15, -0.1) is 10.2 Å². The third-order valence-electron chi connectivity index (χ3n) is 5.93. The number of anilines is 2. The van der Waals surface area contributed by atoms with Gasteiger partial charge in [0, 0.05) is 23.6 Å². The van der Waals surface area contributed by atoms with Crippen LogP contribution in [0.2, 0.25) is 0 Å². The lowest BCUT2D eigenvalue weighted by Crippen LogP contribution is -2.19. The molecular formula is C27H27N7O2S. The van der Waals surface area contributed by atoms with Gasteiger partial charge in [-0.25, -0.2) is 15.0 Å². The highest BCUT2D eigenvalue weighted by molar-refractivity contribution is 7.80. The standard InChI is InChI=1S/C27H27N7O2S/c1-17-10-19(5-7-23(17)36-25-13-24-33-31-16-34(24)15-30-25)32-26-21-12-18(4-6-22(21)28-14-29-26)11-20(37)8-9-27(2,3)35/h4-7,10,12-16,35H,8-9,11H2,1-3H3,(H,28,29,32). The molecule has 37 heavy (non-hydrogen) atoms. The summed E-state index contributed by atoms with van der Waals surface area (Å²) in [4.78, 5) is 14.1. The number of hydrogen-bond acceptors (Lipinski definition) is 9. The van der Waals surface area contributed by atoms with Crippen LogP contribution in [-0.2, 0) is 6.42 Å². The number of thiocarbonyl (C=S) groups is 1. The van der Waals surface area contributed by atoms with Crippen molar-refractivity contribution >= 4 is 45.1 Å². The molecule has 0 spiro atoms. The molecule has 5 aromatic rings. The van der Waals surface area contributed by atoms with Gasteiger partial charge in [0.1, 0.15) is 30.5 Å². The minimum Gasteiger partial charge on any atom is -0.439 e. The van der Waals surface area contributed by atoms with Crippen molar-refractivity contribution in [2.24, 2.45) is 0 Å². The van der Waals surface area contributed by atoms with Crippen LogP contribution in [0.3, 0.4) is 0 Å². The van der Waals surface area contributed by atoms with Crippen molar-refractivity contribution in [3.63, 3.8) is 0 Å². The van der Waals surface area contributed by atoms with Crippen LogP contribution < -0.4 is 10.1 Å². The van der Waals surface area contributed by atoms with E-state index in [0.29, 0.717) is 42.4 Å². The Kier molecular flexibility index (Phi) is 6.77. The zero-order valence-corrected chi connectivity index (χ0v) is 21.7. The minimum atomic E-state index is -0.724. The predicted octanol–water partition coefficient (Wildman–Crippen LogP) is 5.38. The summed E-state index contributed by atoms with van der Waals surface area (Å²) in [7, 11) is 0. The molecular weight excluding hydrogens is 486 g/mol. The van der Waals surface area contributed by atoms with E-state index in [2.05, 4.69) is 36.5 Å². The highest BCUT2D eigenvalue weighted by atomic mass is 32.1. The van der Waals surface area contributed by atoms with E-state index in [1.54, 1.807) is 43.3 Å². The van der Waals surface area contributed by atoms with Gasteiger partial charge < -0.3 is 15.2 Å². The van der Waals surface area contributed by atoms with Crippen molar-refractivity contribution in [1.82, 2.24) is 29.5 Å². The number of rotatable bonds is 9. The molecule has 5 rings (SSSR count). The zero-order valence-electron chi connectivity index (χ0n) is 20.8. The summed E-state index contributed by atoms with van der Waals surface area (Å²) in [5.41, 5.74) is 3.67. The lowest BCUT2D eigenvalue weighted by Gasteiger charge is -2.17. The van der Waals surface area contributed by atoms with E-state index < -0.39 is 5.60 Å². The maximum absolute atomic E-state index is 9.99. The van der Waals surface area contributed by atoms with Crippen molar-refractivity contribution in [3.8, 4) is 11.6 Å². The number of aliphatic hydroxyl groups is 1. The molecule has 0 atom stereocenters. The number of benzene rings is 2. The topological polar surface area (TPSA) is 110 Å². The third-order valence-corrected chi connectivity index (χ3v) is 6.28. The molecule has 0 aliphatic rings. The molecule has 0 radical (unpaired) electrons. The summed E-state index contributed by atoms with van der Waals surface area (Å²) in [6, 6.07) is 13.7. The first-order valence-electron chi connectivity index (χ1n) is 11.9. The van der Waals surface area contributed by atoms with Crippen LogP contribution in [0, 0.1) is 6.92 Å². The average Bonchev–Trinajstić information content (AvgIpc) is 3.32. The van der Waals surface area contributed by atoms with E-state index in [9.17, 15) is 5.11 Å². The van der Waals surface area contributed by atoms with Crippen molar-refractivity contribution < 1.29 is 9.84 Å². The summed E-state index contributed by atoms with van der Waals surface area (Å²) >= 11 is 5.57. The molecule has 0 aliphatic carbocycles. The Balaban J connectivity index is 1.33. The number of aromatic nitrogens is 6. The Bertz CT molecular complexity index is 1590. The van der Waals surface area contributed by atoms with E-state index >= 15 is 0 Å². The van der Waals surface area contributed by atoms with Gasteiger partial charge in [0.15, 0.2) is 5.65 Å². The van der Waals surface area contributed by atoms with Crippen molar-refractivity contribution in [3.05, 3.63) is 72.6 Å². The summed E-state index contributed by atoms with van der Waals surface area (Å²) < 4.78 is 7.70. The van der Waals surface area contributed by atoms with E-state index in [1.165, 1.54) is 0 Å². The van der Waals surface area contributed by atoms with Crippen LogP contribution in [0.1, 0.15) is 37.8 Å². The summed E-state index contributed by atoms with van der Waals surface area (Å²) in [6.07, 6.45) is 6.75. The molecule has 188 valence electrons. The van der Waals surface area contributed by atoms with Crippen LogP contribution in [-0.4, -0.2) is 45.1 Å². The molecule has 3 heterocycles. The van der Waals surface area contributed by atoms with Crippen molar-refractivity contribution in [2.75, 3.05) is 5.32 Å². The van der Waals surface area contributed by atoms with Crippen molar-refractivity contribution in [2.45, 2.75) is 45.6 Å². The number of fused-ring (bicyclic) bond motifs is 2. The maximum atomic E-state index is 9.99. The van der Waals surface area contributed by atoms with Gasteiger partial charge in [-0.2, -0.15) is 0 Å². The summed E-state index contributed by atoms with van der Waals surface area (Å²) in [6.45, 7) is 5.58. The Morgan fingerprint density at radius 1 is 1.08 bits per heavy atom. The van der Waals surface area contributed by atoms with Gasteiger partial charge in [-0.05, 0) is 79.9 Å². The summed E-state index contributed by atoms with van der Waals surface area (Å²) in [5, 5.41) is 22.2. The second-order valence-corrected chi connectivity index (χ2v) is 10.2. The fourth-order valence-corrected chi connectivity index (χ4v) is 4.20. The maximum Gasteiger partial charge on any atom is 0.224 e. The number of nitrogens with zero attached hydrogens (tertiary/aromatic N) is 6. The van der Waals surface area contributed by atoms with Crippen LogP contribution in [0.15, 0.2) is 61.4 Å². The normalized spacial score (nSPS) is 11.7. The van der Waals surface area contributed by atoms with E-state index in [1.807, 2.05) is 37.3 Å². The number of hydrogen-bond donors (Lipinski definition) is 2. The smallest absolute Gasteiger partial charge is 0.224 e. The monoisotopic (exact) mass is 513 g/mol. The first-order chi connectivity index (χ1) is 17.7. The fraction of sp³-hybridized carbons (Fsp3) is 0.259. The number of nitrogens with one attached hydrogen (secondary N) is 1. The van der Waals surface area contributed by atoms with Gasteiger partial charge >= 0.3 is 0 Å². The van der Waals surface area contributed by atoms with Crippen LogP contribution in [0.25, 0.3) is 16.6 Å². The molecule has 0 saturated heterocycles. The minimum absolute atomic E-state index is 0.444. The Labute approximate surface area is 219 Å². The number of aryl methyl sites for hydroxylation is 1. The lowest BCUT2D eigenvalue weighted by molar-refractivity contribution is 0.0734. The molecule has 2 N–H and O–H groups in total. The first kappa shape index (κ1) is 24.7. The van der Waals surface area contributed by atoms with E-state index in [-0.39, 0.29) is 0 Å². The fourth-order valence-electron chi connectivity index (χ4n) is 3.93. The molecule has 0 fully saturated rings. The molecule has 0 amide bonds. The molecule has 10 heteroatoms. The van der Waals surface area contributed by atoms with Gasteiger partial charge in [0.2, 0.25) is 5.88 Å². The molecule has 2 aromatic carbocycles. The molecule has 9 nitrogen and oxygen atoms in total. The first-order valence-corrected chi connectivity index (χ1v) is 12.3. The SMILES string of the molecule is Cc1cc(Nc2ncnc3ccc(CC(=S)CCC(C)(C)O)cc23)ccc1Oc1cc2nncn2cn1. The third kappa shape index (κ3) is 6.04. The second-order valence-electron chi connectivity index (χ2n) is 9.63. The Hall–Kier alpha value is -4.02. The number of ether oxygens (including phenoxy) is 1. The van der Waals surface area contributed by atoms with E-state index in [4.69, 9.17) is 17.0 Å². The molecule has 3 aromatic heterocycles. The largest absolute Gasteiger partial charge is 0.439 e. The van der Waals surface area contributed by atoms with Gasteiger partial charge in [-0.1, -0.05) is 18.3 Å². The lowest BCUT2D eigenvalue weighted by atomic mass is 9.98. The van der Waals surface area contributed by atoms with Gasteiger partial charge in [0.05, 0.1) is 11.1 Å². The zero-order chi connectivity index (χ0) is 26.0.